The summed E-state index contributed by atoms with van der Waals surface area (Å²) in [7, 11) is 0. The highest BCUT2D eigenvalue weighted by atomic mass is 35.5. The highest BCUT2D eigenvalue weighted by Gasteiger charge is 2.17. The summed E-state index contributed by atoms with van der Waals surface area (Å²) in [5, 5.41) is 1.54. The summed E-state index contributed by atoms with van der Waals surface area (Å²) in [5.41, 5.74) is 5.87. The molecule has 0 aliphatic carbocycles. The number of hydrogen-bond acceptors (Lipinski definition) is 2. The van der Waals surface area contributed by atoms with Gasteiger partial charge in [0.05, 0.1) is 11.4 Å². The van der Waals surface area contributed by atoms with E-state index in [-0.39, 0.29) is 22.8 Å². The maximum Gasteiger partial charge on any atom is 0.250 e. The number of alkyl halides is 1. The Morgan fingerprint density at radius 3 is 2.47 bits per heavy atom. The first kappa shape index (κ1) is 11.6. The number of primary amides is 1. The highest BCUT2D eigenvalue weighted by Crippen LogP contribution is 2.22. The predicted octanol–water partition coefficient (Wildman–Crippen LogP) is 2.36. The van der Waals surface area contributed by atoms with Crippen LogP contribution >= 0.6 is 11.6 Å². The van der Waals surface area contributed by atoms with Gasteiger partial charge in [0.1, 0.15) is 0 Å². The van der Waals surface area contributed by atoms with E-state index in [9.17, 15) is 9.59 Å². The Labute approximate surface area is 103 Å². The Balaban J connectivity index is 2.82. The van der Waals surface area contributed by atoms with Crippen LogP contribution in [0.4, 0.5) is 0 Å². The average Bonchev–Trinajstić information content (AvgIpc) is 2.36. The zero-order chi connectivity index (χ0) is 12.4. The van der Waals surface area contributed by atoms with E-state index in [4.69, 9.17) is 17.3 Å². The van der Waals surface area contributed by atoms with Crippen LogP contribution in [0.25, 0.3) is 10.8 Å². The van der Waals surface area contributed by atoms with Gasteiger partial charge in [-0.2, -0.15) is 0 Å². The van der Waals surface area contributed by atoms with Gasteiger partial charge in [-0.3, -0.25) is 9.59 Å². The van der Waals surface area contributed by atoms with E-state index in [1.54, 1.807) is 24.3 Å². The minimum atomic E-state index is -0.615. The molecule has 0 heterocycles. The van der Waals surface area contributed by atoms with Crippen molar-refractivity contribution in [3.8, 4) is 0 Å². The second-order valence-corrected chi connectivity index (χ2v) is 3.90. The summed E-state index contributed by atoms with van der Waals surface area (Å²) >= 11 is 5.51. The summed E-state index contributed by atoms with van der Waals surface area (Å²) < 4.78 is 0. The summed E-state index contributed by atoms with van der Waals surface area (Å²) in [4.78, 5) is 23.1. The maximum absolute atomic E-state index is 11.6. The van der Waals surface area contributed by atoms with Crippen LogP contribution in [-0.4, -0.2) is 17.6 Å². The SMILES string of the molecule is NC(=O)c1c(C(=O)CCl)ccc2ccccc12. The van der Waals surface area contributed by atoms with Crippen molar-refractivity contribution < 1.29 is 9.59 Å². The lowest BCUT2D eigenvalue weighted by Gasteiger charge is -2.08. The van der Waals surface area contributed by atoms with Gasteiger partial charge in [0.15, 0.2) is 5.78 Å². The van der Waals surface area contributed by atoms with Gasteiger partial charge in [0, 0.05) is 5.56 Å². The quantitative estimate of drug-likeness (QED) is 0.669. The number of rotatable bonds is 3. The molecule has 0 saturated heterocycles. The number of benzene rings is 2. The Morgan fingerprint density at radius 2 is 1.82 bits per heavy atom. The monoisotopic (exact) mass is 247 g/mol. The molecule has 2 aromatic carbocycles. The van der Waals surface area contributed by atoms with E-state index in [0.29, 0.717) is 5.39 Å². The molecule has 2 N–H and O–H groups in total. The van der Waals surface area contributed by atoms with Crippen molar-refractivity contribution in [2.75, 3.05) is 5.88 Å². The van der Waals surface area contributed by atoms with Crippen molar-refractivity contribution in [2.45, 2.75) is 0 Å². The molecule has 0 saturated carbocycles. The number of fused-ring (bicyclic) bond motifs is 1. The van der Waals surface area contributed by atoms with Crippen LogP contribution < -0.4 is 5.73 Å². The molecular weight excluding hydrogens is 238 g/mol. The normalized spacial score (nSPS) is 10.4. The molecule has 0 aliphatic heterocycles. The van der Waals surface area contributed by atoms with Crippen LogP contribution in [0.2, 0.25) is 0 Å². The first-order chi connectivity index (χ1) is 8.15. The molecule has 0 spiro atoms. The van der Waals surface area contributed by atoms with Crippen molar-refractivity contribution in [1.82, 2.24) is 0 Å². The summed E-state index contributed by atoms with van der Waals surface area (Å²) in [6.45, 7) is 0. The molecule has 86 valence electrons. The lowest BCUT2D eigenvalue weighted by atomic mass is 9.96. The molecule has 0 unspecified atom stereocenters. The third-order valence-electron chi connectivity index (χ3n) is 2.60. The third-order valence-corrected chi connectivity index (χ3v) is 2.84. The van der Waals surface area contributed by atoms with Crippen molar-refractivity contribution in [3.63, 3.8) is 0 Å². The lowest BCUT2D eigenvalue weighted by molar-refractivity contribution is 0.0976. The predicted molar refractivity (Wildman–Crippen MR) is 67.5 cm³/mol. The van der Waals surface area contributed by atoms with Gasteiger partial charge < -0.3 is 5.73 Å². The van der Waals surface area contributed by atoms with Gasteiger partial charge >= 0.3 is 0 Å². The van der Waals surface area contributed by atoms with Gasteiger partial charge in [-0.05, 0) is 16.8 Å². The molecule has 0 fully saturated rings. The van der Waals surface area contributed by atoms with Crippen LogP contribution in [0.15, 0.2) is 36.4 Å². The molecule has 0 radical (unpaired) electrons. The number of hydrogen-bond donors (Lipinski definition) is 1. The van der Waals surface area contributed by atoms with Crippen molar-refractivity contribution in [3.05, 3.63) is 47.5 Å². The zero-order valence-electron chi connectivity index (χ0n) is 8.94. The molecule has 0 aromatic heterocycles. The highest BCUT2D eigenvalue weighted by molar-refractivity contribution is 6.32. The van der Waals surface area contributed by atoms with Gasteiger partial charge in [-0.25, -0.2) is 0 Å². The molecule has 3 nitrogen and oxygen atoms in total. The van der Waals surface area contributed by atoms with Crippen LogP contribution in [0, 0.1) is 0 Å². The van der Waals surface area contributed by atoms with E-state index in [0.717, 1.165) is 5.39 Å². The minimum Gasteiger partial charge on any atom is -0.366 e. The van der Waals surface area contributed by atoms with Gasteiger partial charge in [0.25, 0.3) is 0 Å². The molecule has 0 aliphatic rings. The molecule has 1 amide bonds. The second kappa shape index (κ2) is 4.55. The first-order valence-electron chi connectivity index (χ1n) is 5.06. The standard InChI is InChI=1S/C13H10ClNO2/c14-7-11(16)10-6-5-8-3-1-2-4-9(8)12(10)13(15)17/h1-6H,7H2,(H2,15,17). The maximum atomic E-state index is 11.6. The van der Waals surface area contributed by atoms with Crippen molar-refractivity contribution in [1.29, 1.82) is 0 Å². The smallest absolute Gasteiger partial charge is 0.250 e. The summed E-state index contributed by atoms with van der Waals surface area (Å²) in [5.74, 6) is -1.08. The van der Waals surface area contributed by atoms with Gasteiger partial charge in [-0.1, -0.05) is 30.3 Å². The van der Waals surface area contributed by atoms with E-state index in [1.807, 2.05) is 12.1 Å². The minimum absolute atomic E-state index is 0.168. The fraction of sp³-hybridized carbons (Fsp3) is 0.0769. The van der Waals surface area contributed by atoms with Crippen LogP contribution in [0.5, 0.6) is 0 Å². The van der Waals surface area contributed by atoms with Crippen LogP contribution in [0.1, 0.15) is 20.7 Å². The first-order valence-corrected chi connectivity index (χ1v) is 5.59. The molecule has 2 rings (SSSR count). The molecular formula is C13H10ClNO2. The van der Waals surface area contributed by atoms with E-state index in [1.165, 1.54) is 0 Å². The molecule has 0 atom stereocenters. The number of carbonyl (C=O) groups is 2. The number of nitrogens with two attached hydrogens (primary N) is 1. The van der Waals surface area contributed by atoms with Gasteiger partial charge in [0.2, 0.25) is 5.91 Å². The topological polar surface area (TPSA) is 60.2 Å². The average molecular weight is 248 g/mol. The number of Topliss-reactive ketones (excluding diaryl/α,β-unsaturated/α-hetero) is 1. The fourth-order valence-corrected chi connectivity index (χ4v) is 1.99. The molecule has 0 bridgehead atoms. The van der Waals surface area contributed by atoms with Crippen molar-refractivity contribution in [2.24, 2.45) is 5.73 Å². The van der Waals surface area contributed by atoms with E-state index in [2.05, 4.69) is 0 Å². The Hall–Kier alpha value is -1.87. The number of amides is 1. The van der Waals surface area contributed by atoms with Crippen molar-refractivity contribution >= 4 is 34.1 Å². The van der Waals surface area contributed by atoms with Crippen LogP contribution in [0.3, 0.4) is 0 Å². The van der Waals surface area contributed by atoms with Crippen LogP contribution in [-0.2, 0) is 0 Å². The number of ketones is 1. The number of carbonyl (C=O) groups excluding carboxylic acids is 2. The Morgan fingerprint density at radius 1 is 1.12 bits per heavy atom. The second-order valence-electron chi connectivity index (χ2n) is 3.63. The Kier molecular flexibility index (Phi) is 3.11. The largest absolute Gasteiger partial charge is 0.366 e. The van der Waals surface area contributed by atoms with Gasteiger partial charge in [-0.15, -0.1) is 11.6 Å². The van der Waals surface area contributed by atoms with E-state index >= 15 is 0 Å². The molecule has 2 aromatic rings. The molecule has 17 heavy (non-hydrogen) atoms. The lowest BCUT2D eigenvalue weighted by Crippen LogP contribution is -2.17. The molecule has 4 heteroatoms. The Bertz CT molecular complexity index is 607. The zero-order valence-corrected chi connectivity index (χ0v) is 9.70. The summed E-state index contributed by atoms with van der Waals surface area (Å²) in [6, 6.07) is 10.6. The number of halogens is 1. The summed E-state index contributed by atoms with van der Waals surface area (Å²) in [6.07, 6.45) is 0. The fourth-order valence-electron chi connectivity index (χ4n) is 1.84. The van der Waals surface area contributed by atoms with E-state index < -0.39 is 5.91 Å². The third kappa shape index (κ3) is 2.01.